The summed E-state index contributed by atoms with van der Waals surface area (Å²) in [5.41, 5.74) is 7.12. The lowest BCUT2D eigenvalue weighted by atomic mass is 9.62. The minimum absolute atomic E-state index is 0.0388. The fourth-order valence-electron chi connectivity index (χ4n) is 4.65. The number of aromatic nitrogens is 1. The number of nitrogens with zero attached hydrogens (tertiary/aromatic N) is 1. The number of hydrogen-bond donors (Lipinski definition) is 1. The highest BCUT2D eigenvalue weighted by atomic mass is 32.2. The van der Waals surface area contributed by atoms with Gasteiger partial charge in [-0.3, -0.25) is 4.79 Å². The van der Waals surface area contributed by atoms with Gasteiger partial charge in [-0.25, -0.2) is 4.98 Å². The van der Waals surface area contributed by atoms with Gasteiger partial charge in [-0.1, -0.05) is 57.7 Å². The summed E-state index contributed by atoms with van der Waals surface area (Å²) in [7, 11) is 1.68. The molecule has 2 heterocycles. The molecule has 1 saturated heterocycles. The Morgan fingerprint density at radius 3 is 2.39 bits per heavy atom. The van der Waals surface area contributed by atoms with Crippen LogP contribution in [0.4, 0.5) is 0 Å². The first-order valence-electron chi connectivity index (χ1n) is 10.7. The minimum atomic E-state index is -0.231. The van der Waals surface area contributed by atoms with E-state index in [1.54, 1.807) is 7.11 Å². The highest BCUT2D eigenvalue weighted by Crippen LogP contribution is 2.48. The van der Waals surface area contributed by atoms with E-state index < -0.39 is 0 Å². The zero-order valence-electron chi connectivity index (χ0n) is 19.1. The molecular weight excluding hydrogens is 424 g/mol. The van der Waals surface area contributed by atoms with Crippen LogP contribution in [-0.2, 0) is 22.0 Å². The Balaban J connectivity index is 1.80. The molecule has 164 valence electrons. The van der Waals surface area contributed by atoms with Gasteiger partial charge in [0, 0.05) is 17.7 Å². The Hall–Kier alpha value is -1.92. The second kappa shape index (κ2) is 7.89. The molecule has 1 aromatic carbocycles. The molecule has 4 nitrogen and oxygen atoms in total. The van der Waals surface area contributed by atoms with Crippen molar-refractivity contribution in [3.63, 3.8) is 0 Å². The molecule has 1 aliphatic carbocycles. The van der Waals surface area contributed by atoms with Crippen molar-refractivity contribution in [2.24, 2.45) is 0 Å². The monoisotopic (exact) mass is 454 g/mol. The summed E-state index contributed by atoms with van der Waals surface area (Å²) in [4.78, 5) is 17.1. The lowest BCUT2D eigenvalue weighted by molar-refractivity contribution is -0.118. The van der Waals surface area contributed by atoms with E-state index in [1.807, 2.05) is 12.1 Å². The molecule has 0 bridgehead atoms. The van der Waals surface area contributed by atoms with Crippen LogP contribution >= 0.6 is 24.0 Å². The third kappa shape index (κ3) is 4.12. The molecule has 1 amide bonds. The number of rotatable bonds is 4. The number of thioether (sulfide) groups is 1. The predicted molar refractivity (Wildman–Crippen MR) is 132 cm³/mol. The number of pyridine rings is 1. The summed E-state index contributed by atoms with van der Waals surface area (Å²) < 4.78 is 6.23. The van der Waals surface area contributed by atoms with E-state index in [4.69, 9.17) is 21.9 Å². The summed E-state index contributed by atoms with van der Waals surface area (Å²) in [5, 5.41) is 2.49. The van der Waals surface area contributed by atoms with Crippen LogP contribution in [0.2, 0.25) is 0 Å². The molecule has 0 spiro atoms. The first-order chi connectivity index (χ1) is 14.5. The second-order valence-electron chi connectivity index (χ2n) is 9.92. The third-order valence-corrected chi connectivity index (χ3v) is 8.12. The average molecular weight is 455 g/mol. The molecule has 1 fully saturated rings. The SMILES string of the molecule is COc1ccc(CC2SC(=S)NC2=O)nc1-c1cc2c(cc1C)C(C)(C)CCC2(C)C. The van der Waals surface area contributed by atoms with Crippen LogP contribution in [0.1, 0.15) is 62.9 Å². The van der Waals surface area contributed by atoms with Crippen molar-refractivity contribution in [2.45, 2.75) is 70.0 Å². The Morgan fingerprint density at radius 2 is 1.81 bits per heavy atom. The van der Waals surface area contributed by atoms with E-state index >= 15 is 0 Å². The lowest BCUT2D eigenvalue weighted by Crippen LogP contribution is -2.34. The van der Waals surface area contributed by atoms with Crippen molar-refractivity contribution < 1.29 is 9.53 Å². The Bertz CT molecular complexity index is 1080. The summed E-state index contributed by atoms with van der Waals surface area (Å²) in [6.07, 6.45) is 2.88. The van der Waals surface area contributed by atoms with Gasteiger partial charge in [0.1, 0.15) is 15.8 Å². The third-order valence-electron chi connectivity index (χ3n) is 6.75. The number of aryl methyl sites for hydroxylation is 1. The van der Waals surface area contributed by atoms with Gasteiger partial charge in [0.15, 0.2) is 0 Å². The number of fused-ring (bicyclic) bond motifs is 1. The molecule has 1 atom stereocenters. The van der Waals surface area contributed by atoms with Gasteiger partial charge >= 0.3 is 0 Å². The number of thiocarbonyl (C=S) groups is 1. The number of ether oxygens (including phenoxy) is 1. The summed E-state index contributed by atoms with van der Waals surface area (Å²) in [6, 6.07) is 8.57. The van der Waals surface area contributed by atoms with Crippen molar-refractivity contribution >= 4 is 34.2 Å². The fraction of sp³-hybridized carbons (Fsp3) is 0.480. The predicted octanol–water partition coefficient (Wildman–Crippen LogP) is 5.47. The van der Waals surface area contributed by atoms with Crippen molar-refractivity contribution in [3.8, 4) is 17.0 Å². The number of benzene rings is 1. The minimum Gasteiger partial charge on any atom is -0.494 e. The number of hydrogen-bond acceptors (Lipinski definition) is 5. The lowest BCUT2D eigenvalue weighted by Gasteiger charge is -2.42. The van der Waals surface area contributed by atoms with E-state index in [0.29, 0.717) is 10.7 Å². The molecular formula is C25H30N2O2S2. The number of carbonyl (C=O) groups excluding carboxylic acids is 1. The molecule has 2 aliphatic rings. The van der Waals surface area contributed by atoms with Crippen LogP contribution in [0.25, 0.3) is 11.3 Å². The molecule has 2 aromatic rings. The topological polar surface area (TPSA) is 51.2 Å². The largest absolute Gasteiger partial charge is 0.494 e. The van der Waals surface area contributed by atoms with Crippen LogP contribution in [0, 0.1) is 6.92 Å². The standard InChI is InChI=1S/C25H30N2O2S2/c1-14-11-17-18(25(4,5)10-9-24(17,2)3)13-16(14)21-19(29-6)8-7-15(26-21)12-20-22(28)27-23(30)31-20/h7-8,11,13,20H,9-10,12H2,1-6H3,(H,27,28,30). The molecule has 1 N–H and O–H groups in total. The van der Waals surface area contributed by atoms with Crippen LogP contribution in [0.5, 0.6) is 5.75 Å². The molecule has 6 heteroatoms. The van der Waals surface area contributed by atoms with Crippen LogP contribution in [0.3, 0.4) is 0 Å². The van der Waals surface area contributed by atoms with Gasteiger partial charge in [0.2, 0.25) is 5.91 Å². The molecule has 0 radical (unpaired) electrons. The molecule has 1 aromatic heterocycles. The molecule has 31 heavy (non-hydrogen) atoms. The maximum Gasteiger partial charge on any atom is 0.239 e. The normalized spacial score (nSPS) is 21.5. The van der Waals surface area contributed by atoms with Gasteiger partial charge < -0.3 is 10.1 Å². The maximum atomic E-state index is 12.1. The van der Waals surface area contributed by atoms with Crippen molar-refractivity contribution in [2.75, 3.05) is 7.11 Å². The highest BCUT2D eigenvalue weighted by molar-refractivity contribution is 8.24. The number of amides is 1. The van der Waals surface area contributed by atoms with E-state index in [-0.39, 0.29) is 22.0 Å². The van der Waals surface area contributed by atoms with Crippen LogP contribution in [0.15, 0.2) is 24.3 Å². The Kier molecular flexibility index (Phi) is 5.67. The molecule has 4 rings (SSSR count). The Morgan fingerprint density at radius 1 is 1.16 bits per heavy atom. The maximum absolute atomic E-state index is 12.1. The van der Waals surface area contributed by atoms with Crippen molar-refractivity contribution in [1.29, 1.82) is 0 Å². The van der Waals surface area contributed by atoms with Gasteiger partial charge in [0.05, 0.1) is 12.4 Å². The zero-order chi connectivity index (χ0) is 22.6. The average Bonchev–Trinajstić information content (AvgIpc) is 3.02. The van der Waals surface area contributed by atoms with Crippen molar-refractivity contribution in [3.05, 3.63) is 46.6 Å². The molecule has 0 saturated carbocycles. The molecule has 1 unspecified atom stereocenters. The van der Waals surface area contributed by atoms with E-state index in [1.165, 1.54) is 34.9 Å². The van der Waals surface area contributed by atoms with E-state index in [0.717, 1.165) is 29.1 Å². The highest BCUT2D eigenvalue weighted by Gasteiger charge is 2.38. The van der Waals surface area contributed by atoms with Gasteiger partial charge in [-0.2, -0.15) is 0 Å². The Labute approximate surface area is 194 Å². The first-order valence-corrected chi connectivity index (χ1v) is 12.0. The van der Waals surface area contributed by atoms with Crippen LogP contribution < -0.4 is 10.1 Å². The van der Waals surface area contributed by atoms with Crippen LogP contribution in [-0.4, -0.2) is 27.6 Å². The zero-order valence-corrected chi connectivity index (χ0v) is 20.7. The van der Waals surface area contributed by atoms with Gasteiger partial charge in [-0.15, -0.1) is 0 Å². The number of carbonyl (C=O) groups is 1. The first kappa shape index (κ1) is 22.3. The summed E-state index contributed by atoms with van der Waals surface area (Å²) >= 11 is 6.54. The van der Waals surface area contributed by atoms with E-state index in [2.05, 4.69) is 52.1 Å². The van der Waals surface area contributed by atoms with Gasteiger partial charge in [-0.05, 0) is 65.5 Å². The smallest absolute Gasteiger partial charge is 0.239 e. The second-order valence-corrected chi connectivity index (χ2v) is 11.8. The number of nitrogens with one attached hydrogen (secondary N) is 1. The molecule has 1 aliphatic heterocycles. The number of methoxy groups -OCH3 is 1. The summed E-state index contributed by atoms with van der Waals surface area (Å²) in [6.45, 7) is 11.5. The quantitative estimate of drug-likeness (QED) is 0.621. The van der Waals surface area contributed by atoms with E-state index in [9.17, 15) is 4.79 Å². The fourth-order valence-corrected chi connectivity index (χ4v) is 5.94. The van der Waals surface area contributed by atoms with Crippen molar-refractivity contribution in [1.82, 2.24) is 10.3 Å². The summed E-state index contributed by atoms with van der Waals surface area (Å²) in [5.74, 6) is 0.710. The van der Waals surface area contributed by atoms with Gasteiger partial charge in [0.25, 0.3) is 0 Å².